The summed E-state index contributed by atoms with van der Waals surface area (Å²) in [5.74, 6) is 0.923. The number of rotatable bonds is 3. The minimum Gasteiger partial charge on any atom is -0.489 e. The molecule has 0 bridgehead atoms. The molecule has 2 aromatic rings. The van der Waals surface area contributed by atoms with Gasteiger partial charge in [0.25, 0.3) is 0 Å². The third-order valence-electron chi connectivity index (χ3n) is 4.38. The van der Waals surface area contributed by atoms with Gasteiger partial charge < -0.3 is 10.5 Å². The highest BCUT2D eigenvalue weighted by Gasteiger charge is 2.17. The van der Waals surface area contributed by atoms with Gasteiger partial charge in [0, 0.05) is 6.04 Å². The molecule has 3 rings (SSSR count). The molecule has 1 atom stereocenters. The Hall–Kier alpha value is -1.80. The number of benzene rings is 2. The van der Waals surface area contributed by atoms with Crippen LogP contribution in [0, 0.1) is 13.8 Å². The summed E-state index contributed by atoms with van der Waals surface area (Å²) < 4.78 is 5.99. The molecule has 1 aliphatic carbocycles. The van der Waals surface area contributed by atoms with Crippen molar-refractivity contribution in [3.05, 3.63) is 64.2 Å². The van der Waals surface area contributed by atoms with Crippen LogP contribution in [-0.2, 0) is 13.0 Å². The van der Waals surface area contributed by atoms with Crippen LogP contribution in [0.5, 0.6) is 5.75 Å². The molecule has 0 unspecified atom stereocenters. The van der Waals surface area contributed by atoms with Crippen LogP contribution in [0.3, 0.4) is 0 Å². The molecule has 0 aliphatic heterocycles. The molecule has 2 nitrogen and oxygen atoms in total. The molecular weight excluding hydrogens is 258 g/mol. The number of fused-ring (bicyclic) bond motifs is 1. The third-order valence-corrected chi connectivity index (χ3v) is 4.38. The number of ether oxygens (including phenoxy) is 1. The average molecular weight is 281 g/mol. The van der Waals surface area contributed by atoms with Crippen LogP contribution in [0.2, 0.25) is 0 Å². The SMILES string of the molecule is Cc1ccc(C)c(COc2ccc3c(c2)[C@@H](N)CCC3)c1. The first-order valence-corrected chi connectivity index (χ1v) is 7.71. The Morgan fingerprint density at radius 2 is 2.00 bits per heavy atom. The molecule has 0 aromatic heterocycles. The van der Waals surface area contributed by atoms with Gasteiger partial charge in [-0.15, -0.1) is 0 Å². The minimum absolute atomic E-state index is 0.165. The lowest BCUT2D eigenvalue weighted by Gasteiger charge is -2.23. The predicted octanol–water partition coefficient (Wildman–Crippen LogP) is 4.22. The second-order valence-electron chi connectivity index (χ2n) is 6.08. The van der Waals surface area contributed by atoms with E-state index < -0.39 is 0 Å². The highest BCUT2D eigenvalue weighted by molar-refractivity contribution is 5.39. The molecule has 0 amide bonds. The minimum atomic E-state index is 0.165. The maximum absolute atomic E-state index is 6.21. The fraction of sp³-hybridized carbons (Fsp3) is 0.368. The maximum Gasteiger partial charge on any atom is 0.120 e. The van der Waals surface area contributed by atoms with Crippen molar-refractivity contribution < 1.29 is 4.74 Å². The van der Waals surface area contributed by atoms with Crippen molar-refractivity contribution in [1.82, 2.24) is 0 Å². The van der Waals surface area contributed by atoms with E-state index in [1.54, 1.807) is 0 Å². The molecule has 21 heavy (non-hydrogen) atoms. The first kappa shape index (κ1) is 14.2. The Morgan fingerprint density at radius 3 is 2.86 bits per heavy atom. The molecule has 2 N–H and O–H groups in total. The molecule has 0 heterocycles. The van der Waals surface area contributed by atoms with Crippen LogP contribution < -0.4 is 10.5 Å². The van der Waals surface area contributed by atoms with Gasteiger partial charge in [0.05, 0.1) is 0 Å². The van der Waals surface area contributed by atoms with Crippen molar-refractivity contribution in [3.63, 3.8) is 0 Å². The molecule has 0 fully saturated rings. The van der Waals surface area contributed by atoms with Gasteiger partial charge in [0.2, 0.25) is 0 Å². The summed E-state index contributed by atoms with van der Waals surface area (Å²) in [5, 5.41) is 0. The van der Waals surface area contributed by atoms with Crippen molar-refractivity contribution >= 4 is 0 Å². The van der Waals surface area contributed by atoms with E-state index in [-0.39, 0.29) is 6.04 Å². The Morgan fingerprint density at radius 1 is 1.14 bits per heavy atom. The topological polar surface area (TPSA) is 35.2 Å². The summed E-state index contributed by atoms with van der Waals surface area (Å²) in [6, 6.07) is 13.0. The summed E-state index contributed by atoms with van der Waals surface area (Å²) in [4.78, 5) is 0. The van der Waals surface area contributed by atoms with Crippen molar-refractivity contribution in [1.29, 1.82) is 0 Å². The van der Waals surface area contributed by atoms with E-state index in [1.807, 2.05) is 0 Å². The Bertz CT molecular complexity index is 648. The van der Waals surface area contributed by atoms with E-state index in [0.717, 1.165) is 18.6 Å². The van der Waals surface area contributed by atoms with Gasteiger partial charge >= 0.3 is 0 Å². The lowest BCUT2D eigenvalue weighted by molar-refractivity contribution is 0.304. The second-order valence-corrected chi connectivity index (χ2v) is 6.08. The molecule has 0 saturated heterocycles. The summed E-state index contributed by atoms with van der Waals surface area (Å²) in [7, 11) is 0. The zero-order chi connectivity index (χ0) is 14.8. The van der Waals surface area contributed by atoms with E-state index >= 15 is 0 Å². The van der Waals surface area contributed by atoms with Crippen LogP contribution in [0.1, 0.15) is 46.7 Å². The fourth-order valence-electron chi connectivity index (χ4n) is 3.02. The standard InChI is InChI=1S/C19H23NO/c1-13-6-7-14(2)16(10-13)12-21-17-9-8-15-4-3-5-19(20)18(15)11-17/h6-11,19H,3-5,12,20H2,1-2H3/t19-/m0/s1. The average Bonchev–Trinajstić information content (AvgIpc) is 2.49. The summed E-state index contributed by atoms with van der Waals surface area (Å²) in [6.07, 6.45) is 3.41. The van der Waals surface area contributed by atoms with Crippen molar-refractivity contribution in [2.24, 2.45) is 5.73 Å². The van der Waals surface area contributed by atoms with Gasteiger partial charge in [0.1, 0.15) is 12.4 Å². The fourth-order valence-corrected chi connectivity index (χ4v) is 3.02. The summed E-state index contributed by atoms with van der Waals surface area (Å²) in [6.45, 7) is 4.85. The number of nitrogens with two attached hydrogens (primary N) is 1. The molecule has 0 spiro atoms. The van der Waals surface area contributed by atoms with Crippen LogP contribution in [0.15, 0.2) is 36.4 Å². The third kappa shape index (κ3) is 3.11. The van der Waals surface area contributed by atoms with E-state index in [0.29, 0.717) is 6.61 Å². The molecule has 2 aromatic carbocycles. The first-order chi connectivity index (χ1) is 10.1. The quantitative estimate of drug-likeness (QED) is 0.914. The van der Waals surface area contributed by atoms with E-state index in [2.05, 4.69) is 50.2 Å². The smallest absolute Gasteiger partial charge is 0.120 e. The van der Waals surface area contributed by atoms with Crippen molar-refractivity contribution in [2.75, 3.05) is 0 Å². The number of aryl methyl sites for hydroxylation is 3. The summed E-state index contributed by atoms with van der Waals surface area (Å²) in [5.41, 5.74) is 12.6. The molecule has 110 valence electrons. The van der Waals surface area contributed by atoms with Gasteiger partial charge in [0.15, 0.2) is 0 Å². The Balaban J connectivity index is 1.76. The van der Waals surface area contributed by atoms with Gasteiger partial charge in [-0.2, -0.15) is 0 Å². The van der Waals surface area contributed by atoms with Crippen molar-refractivity contribution in [2.45, 2.75) is 45.8 Å². The predicted molar refractivity (Wildman–Crippen MR) is 86.6 cm³/mol. The van der Waals surface area contributed by atoms with Crippen LogP contribution in [0.4, 0.5) is 0 Å². The largest absolute Gasteiger partial charge is 0.489 e. The number of hydrogen-bond donors (Lipinski definition) is 1. The monoisotopic (exact) mass is 281 g/mol. The van der Waals surface area contributed by atoms with Gasteiger partial charge in [-0.05, 0) is 67.5 Å². The summed E-state index contributed by atoms with van der Waals surface area (Å²) >= 11 is 0. The Kier molecular flexibility index (Phi) is 3.98. The molecule has 0 radical (unpaired) electrons. The van der Waals surface area contributed by atoms with Crippen LogP contribution in [-0.4, -0.2) is 0 Å². The maximum atomic E-state index is 6.21. The zero-order valence-electron chi connectivity index (χ0n) is 12.9. The van der Waals surface area contributed by atoms with E-state index in [9.17, 15) is 0 Å². The molecule has 2 heteroatoms. The van der Waals surface area contributed by atoms with Crippen molar-refractivity contribution in [3.8, 4) is 5.75 Å². The highest BCUT2D eigenvalue weighted by atomic mass is 16.5. The lowest BCUT2D eigenvalue weighted by atomic mass is 9.88. The molecule has 0 saturated carbocycles. The van der Waals surface area contributed by atoms with Gasteiger partial charge in [-0.3, -0.25) is 0 Å². The van der Waals surface area contributed by atoms with Gasteiger partial charge in [-0.25, -0.2) is 0 Å². The molecular formula is C19H23NO. The van der Waals surface area contributed by atoms with Crippen LogP contribution >= 0.6 is 0 Å². The zero-order valence-corrected chi connectivity index (χ0v) is 12.9. The van der Waals surface area contributed by atoms with E-state index in [4.69, 9.17) is 10.5 Å². The Labute approximate surface area is 126 Å². The molecule has 1 aliphatic rings. The second kappa shape index (κ2) is 5.90. The normalized spacial score (nSPS) is 17.4. The van der Waals surface area contributed by atoms with E-state index in [1.165, 1.54) is 34.2 Å². The number of hydrogen-bond acceptors (Lipinski definition) is 2. The lowest BCUT2D eigenvalue weighted by Crippen LogP contribution is -2.17. The van der Waals surface area contributed by atoms with Crippen LogP contribution in [0.25, 0.3) is 0 Å². The first-order valence-electron chi connectivity index (χ1n) is 7.71. The van der Waals surface area contributed by atoms with Gasteiger partial charge in [-0.1, -0.05) is 29.8 Å². The highest BCUT2D eigenvalue weighted by Crippen LogP contribution is 2.31.